The fourth-order valence-corrected chi connectivity index (χ4v) is 1.68. The average molecular weight is 227 g/mol. The zero-order chi connectivity index (χ0) is 11.9. The minimum absolute atomic E-state index is 0.0994. The van der Waals surface area contributed by atoms with Gasteiger partial charge < -0.3 is 20.7 Å². The number of nitrogen functional groups attached to an aromatic ring is 1. The quantitative estimate of drug-likeness (QED) is 0.536. The molecule has 1 saturated heterocycles. The first-order chi connectivity index (χ1) is 7.50. The molecule has 7 heteroatoms. The van der Waals surface area contributed by atoms with E-state index >= 15 is 0 Å². The summed E-state index contributed by atoms with van der Waals surface area (Å²) in [5.41, 5.74) is 4.72. The van der Waals surface area contributed by atoms with Gasteiger partial charge in [-0.1, -0.05) is 0 Å². The van der Waals surface area contributed by atoms with Gasteiger partial charge in [-0.15, -0.1) is 0 Å². The summed E-state index contributed by atoms with van der Waals surface area (Å²) < 4.78 is 6.38. The van der Waals surface area contributed by atoms with Crippen LogP contribution in [-0.2, 0) is 4.74 Å². The summed E-state index contributed by atoms with van der Waals surface area (Å²) in [6.45, 7) is 1.61. The van der Waals surface area contributed by atoms with Crippen molar-refractivity contribution in [3.8, 4) is 0 Å². The fourth-order valence-electron chi connectivity index (χ4n) is 1.68. The molecule has 0 radical (unpaired) electrons. The molecule has 2 rings (SSSR count). The number of aromatic nitrogens is 2. The Kier molecular flexibility index (Phi) is 2.66. The van der Waals surface area contributed by atoms with Crippen molar-refractivity contribution in [3.05, 3.63) is 22.7 Å². The van der Waals surface area contributed by atoms with Gasteiger partial charge in [0.15, 0.2) is 6.23 Å². The molecule has 0 aromatic carbocycles. The molecule has 0 aliphatic carbocycles. The highest BCUT2D eigenvalue weighted by atomic mass is 16.6. The minimum Gasteiger partial charge on any atom is -0.388 e. The summed E-state index contributed by atoms with van der Waals surface area (Å²) in [5, 5.41) is 19.2. The van der Waals surface area contributed by atoms with E-state index in [1.165, 1.54) is 12.3 Å². The zero-order valence-electron chi connectivity index (χ0n) is 8.65. The van der Waals surface area contributed by atoms with Crippen LogP contribution in [0, 0.1) is 0 Å². The van der Waals surface area contributed by atoms with E-state index in [-0.39, 0.29) is 5.82 Å². The summed E-state index contributed by atoms with van der Waals surface area (Å²) in [4.78, 5) is 15.0. The van der Waals surface area contributed by atoms with Crippen molar-refractivity contribution in [1.29, 1.82) is 0 Å². The molecule has 0 spiro atoms. The average Bonchev–Trinajstić information content (AvgIpc) is 2.46. The van der Waals surface area contributed by atoms with Crippen LogP contribution in [0.2, 0.25) is 0 Å². The molecule has 0 bridgehead atoms. The van der Waals surface area contributed by atoms with E-state index < -0.39 is 30.2 Å². The van der Waals surface area contributed by atoms with Gasteiger partial charge in [0, 0.05) is 6.20 Å². The predicted molar refractivity (Wildman–Crippen MR) is 54.5 cm³/mol. The summed E-state index contributed by atoms with van der Waals surface area (Å²) in [7, 11) is 0. The zero-order valence-corrected chi connectivity index (χ0v) is 8.65. The number of nitrogens with zero attached hydrogens (tertiary/aromatic N) is 2. The van der Waals surface area contributed by atoms with Gasteiger partial charge in [-0.3, -0.25) is 4.57 Å². The van der Waals surface area contributed by atoms with E-state index in [2.05, 4.69) is 4.98 Å². The maximum Gasteiger partial charge on any atom is 0.351 e. The Morgan fingerprint density at radius 1 is 1.50 bits per heavy atom. The van der Waals surface area contributed by atoms with Crippen molar-refractivity contribution in [2.24, 2.45) is 0 Å². The number of hydrogen-bond donors (Lipinski definition) is 3. The molecule has 1 aliphatic rings. The Morgan fingerprint density at radius 3 is 2.69 bits per heavy atom. The molecule has 1 unspecified atom stereocenters. The number of anilines is 1. The van der Waals surface area contributed by atoms with Gasteiger partial charge in [-0.2, -0.15) is 4.98 Å². The van der Waals surface area contributed by atoms with Crippen LogP contribution in [0.25, 0.3) is 0 Å². The van der Waals surface area contributed by atoms with Crippen LogP contribution in [0.5, 0.6) is 0 Å². The Balaban J connectivity index is 2.35. The smallest absolute Gasteiger partial charge is 0.351 e. The van der Waals surface area contributed by atoms with E-state index in [1.54, 1.807) is 6.92 Å². The van der Waals surface area contributed by atoms with E-state index in [9.17, 15) is 15.0 Å². The van der Waals surface area contributed by atoms with Crippen LogP contribution >= 0.6 is 0 Å². The number of hydrogen-bond acceptors (Lipinski definition) is 6. The van der Waals surface area contributed by atoms with E-state index in [1.807, 2.05) is 0 Å². The van der Waals surface area contributed by atoms with Gasteiger partial charge >= 0.3 is 5.69 Å². The van der Waals surface area contributed by atoms with Crippen molar-refractivity contribution in [2.45, 2.75) is 31.5 Å². The summed E-state index contributed by atoms with van der Waals surface area (Å²) >= 11 is 0. The maximum absolute atomic E-state index is 11.5. The third kappa shape index (κ3) is 1.69. The van der Waals surface area contributed by atoms with Crippen molar-refractivity contribution in [1.82, 2.24) is 9.55 Å². The molecule has 4 N–H and O–H groups in total. The third-order valence-corrected chi connectivity index (χ3v) is 2.60. The Bertz CT molecular complexity index is 447. The molecule has 2 heterocycles. The van der Waals surface area contributed by atoms with Crippen LogP contribution in [0.1, 0.15) is 13.2 Å². The first-order valence-corrected chi connectivity index (χ1v) is 4.87. The van der Waals surface area contributed by atoms with Crippen LogP contribution in [-0.4, -0.2) is 38.1 Å². The number of nitrogens with two attached hydrogens (primary N) is 1. The second kappa shape index (κ2) is 3.85. The fraction of sp³-hybridized carbons (Fsp3) is 0.556. The monoisotopic (exact) mass is 227 g/mol. The molecule has 0 amide bonds. The molecule has 88 valence electrons. The van der Waals surface area contributed by atoms with Crippen molar-refractivity contribution < 1.29 is 14.9 Å². The van der Waals surface area contributed by atoms with Crippen molar-refractivity contribution in [3.63, 3.8) is 0 Å². The minimum atomic E-state index is -1.15. The Labute approximate surface area is 91.1 Å². The lowest BCUT2D eigenvalue weighted by molar-refractivity contribution is -0.0349. The van der Waals surface area contributed by atoms with E-state index in [0.717, 1.165) is 4.57 Å². The summed E-state index contributed by atoms with van der Waals surface area (Å²) in [6, 6.07) is 1.42. The van der Waals surface area contributed by atoms with E-state index in [4.69, 9.17) is 10.5 Å². The van der Waals surface area contributed by atoms with Gasteiger partial charge in [-0.05, 0) is 13.0 Å². The second-order valence-electron chi connectivity index (χ2n) is 3.76. The van der Waals surface area contributed by atoms with Crippen LogP contribution < -0.4 is 11.4 Å². The molecular weight excluding hydrogens is 214 g/mol. The van der Waals surface area contributed by atoms with Gasteiger partial charge in [-0.25, -0.2) is 4.79 Å². The molecule has 7 nitrogen and oxygen atoms in total. The van der Waals surface area contributed by atoms with Crippen molar-refractivity contribution in [2.75, 3.05) is 5.73 Å². The number of aliphatic hydroxyl groups excluding tert-OH is 2. The predicted octanol–water partition coefficient (Wildman–Crippen LogP) is -1.54. The van der Waals surface area contributed by atoms with Gasteiger partial charge in [0.2, 0.25) is 0 Å². The molecule has 1 aromatic heterocycles. The Hall–Kier alpha value is -1.44. The lowest BCUT2D eigenvalue weighted by Gasteiger charge is -2.16. The van der Waals surface area contributed by atoms with Crippen LogP contribution in [0.4, 0.5) is 5.82 Å². The van der Waals surface area contributed by atoms with Gasteiger partial charge in [0.05, 0.1) is 6.10 Å². The molecule has 16 heavy (non-hydrogen) atoms. The summed E-state index contributed by atoms with van der Waals surface area (Å²) in [6.07, 6.45) is -2.26. The third-order valence-electron chi connectivity index (χ3n) is 2.60. The molecular formula is C9H13N3O4. The lowest BCUT2D eigenvalue weighted by atomic mass is 10.1. The maximum atomic E-state index is 11.5. The molecule has 4 atom stereocenters. The van der Waals surface area contributed by atoms with Gasteiger partial charge in [0.1, 0.15) is 18.0 Å². The van der Waals surface area contributed by atoms with E-state index in [0.29, 0.717) is 0 Å². The second-order valence-corrected chi connectivity index (χ2v) is 3.76. The molecule has 0 saturated carbocycles. The number of ether oxygens (including phenoxy) is 1. The standard InChI is InChI=1S/C9H13N3O4/c1-4-6(13)7(14)8(16-4)12-3-2-5(10)11-9(12)15/h2-4,6-8,13-14H,1H3,(H2,10,11,15)/t4-,6+,7?,8-/m1/s1. The highest BCUT2D eigenvalue weighted by molar-refractivity contribution is 5.23. The first kappa shape index (κ1) is 11.1. The molecule has 1 aliphatic heterocycles. The number of aliphatic hydroxyl groups is 2. The lowest BCUT2D eigenvalue weighted by Crippen LogP contribution is -2.35. The highest BCUT2D eigenvalue weighted by Crippen LogP contribution is 2.27. The summed E-state index contributed by atoms with van der Waals surface area (Å²) in [5.74, 6) is 0.0994. The largest absolute Gasteiger partial charge is 0.388 e. The first-order valence-electron chi connectivity index (χ1n) is 4.87. The van der Waals surface area contributed by atoms with Crippen LogP contribution in [0.15, 0.2) is 17.1 Å². The molecule has 1 fully saturated rings. The Morgan fingerprint density at radius 2 is 2.19 bits per heavy atom. The van der Waals surface area contributed by atoms with Gasteiger partial charge in [0.25, 0.3) is 0 Å². The normalized spacial score (nSPS) is 34.2. The topological polar surface area (TPSA) is 111 Å². The van der Waals surface area contributed by atoms with Crippen LogP contribution in [0.3, 0.4) is 0 Å². The molecule has 1 aromatic rings. The highest BCUT2D eigenvalue weighted by Gasteiger charge is 2.41. The number of rotatable bonds is 1. The SMILES string of the molecule is C[C@H]1O[C@@H](n2ccc(N)nc2=O)C(O)[C@H]1O. The van der Waals surface area contributed by atoms with Crippen molar-refractivity contribution >= 4 is 5.82 Å².